The molecule has 1 aromatic heterocycles. The van der Waals surface area contributed by atoms with Gasteiger partial charge in [0, 0.05) is 9.92 Å². The Morgan fingerprint density at radius 1 is 1.43 bits per heavy atom. The second kappa shape index (κ2) is 2.96. The summed E-state index contributed by atoms with van der Waals surface area (Å²) < 4.78 is 1.75. The molecule has 0 N–H and O–H groups in total. The second-order valence-corrected chi connectivity index (χ2v) is 4.36. The molecule has 4 nitrogen and oxygen atoms in total. The summed E-state index contributed by atoms with van der Waals surface area (Å²) in [6.07, 6.45) is 0. The van der Waals surface area contributed by atoms with Gasteiger partial charge in [-0.2, -0.15) is 4.68 Å². The van der Waals surface area contributed by atoms with Crippen molar-refractivity contribution >= 4 is 23.4 Å². The molecule has 1 aliphatic rings. The summed E-state index contributed by atoms with van der Waals surface area (Å²) in [7, 11) is 0. The zero-order chi connectivity index (χ0) is 9.54. The van der Waals surface area contributed by atoms with Crippen LogP contribution in [0.4, 0.5) is 0 Å². The molecule has 0 atom stereocenters. The van der Waals surface area contributed by atoms with Crippen LogP contribution in [0, 0.1) is 0 Å². The van der Waals surface area contributed by atoms with Crippen LogP contribution in [0.5, 0.6) is 0 Å². The third-order valence-corrected chi connectivity index (χ3v) is 3.32. The molecule has 6 heteroatoms. The number of hydrogen-bond acceptors (Lipinski definition) is 4. The van der Waals surface area contributed by atoms with Crippen LogP contribution in [-0.2, 0) is 5.75 Å². The molecule has 0 radical (unpaired) electrons. The molecule has 3 rings (SSSR count). The molecular weight excluding hydrogens is 220 g/mol. The summed E-state index contributed by atoms with van der Waals surface area (Å²) in [6, 6.07) is 5.72. The predicted molar refractivity (Wildman–Crippen MR) is 53.7 cm³/mol. The van der Waals surface area contributed by atoms with E-state index < -0.39 is 0 Å². The summed E-state index contributed by atoms with van der Waals surface area (Å²) in [6.45, 7) is 0. The number of hydrogen-bond donors (Lipinski definition) is 0. The molecule has 0 fully saturated rings. The lowest BCUT2D eigenvalue weighted by molar-refractivity contribution is 0.761. The van der Waals surface area contributed by atoms with Gasteiger partial charge in [-0.15, -0.1) is 16.9 Å². The fourth-order valence-electron chi connectivity index (χ4n) is 1.40. The van der Waals surface area contributed by atoms with Crippen molar-refractivity contribution < 1.29 is 0 Å². The molecule has 0 saturated carbocycles. The lowest BCUT2D eigenvalue weighted by atomic mass is 10.3. The van der Waals surface area contributed by atoms with Gasteiger partial charge in [0.15, 0.2) is 5.82 Å². The van der Waals surface area contributed by atoms with Gasteiger partial charge in [-0.25, -0.2) is 0 Å². The van der Waals surface area contributed by atoms with E-state index in [0.29, 0.717) is 0 Å². The maximum absolute atomic E-state index is 5.90. The second-order valence-electron chi connectivity index (χ2n) is 2.91. The largest absolute Gasteiger partial charge is 0.195 e. The van der Waals surface area contributed by atoms with Gasteiger partial charge >= 0.3 is 0 Å². The quantitative estimate of drug-likeness (QED) is 0.686. The lowest BCUT2D eigenvalue weighted by Crippen LogP contribution is -2.07. The van der Waals surface area contributed by atoms with Crippen LogP contribution in [0.15, 0.2) is 23.1 Å². The summed E-state index contributed by atoms with van der Waals surface area (Å²) in [4.78, 5) is 1.12. The summed E-state index contributed by atoms with van der Waals surface area (Å²) in [5, 5.41) is 12.2. The highest BCUT2D eigenvalue weighted by Crippen LogP contribution is 2.34. The third kappa shape index (κ3) is 1.13. The number of benzene rings is 1. The smallest absolute Gasteiger partial charge is 0.166 e. The monoisotopic (exact) mass is 224 g/mol. The molecule has 0 amide bonds. The van der Waals surface area contributed by atoms with Crippen molar-refractivity contribution in [2.24, 2.45) is 0 Å². The molecule has 0 unspecified atom stereocenters. The minimum atomic E-state index is 0.743. The molecule has 2 aromatic rings. The van der Waals surface area contributed by atoms with Crippen LogP contribution in [0.2, 0.25) is 5.02 Å². The van der Waals surface area contributed by atoms with Gasteiger partial charge < -0.3 is 0 Å². The molecule has 0 saturated heterocycles. The van der Waals surface area contributed by atoms with Gasteiger partial charge in [0.1, 0.15) is 0 Å². The van der Waals surface area contributed by atoms with Crippen molar-refractivity contribution in [3.05, 3.63) is 29.0 Å². The van der Waals surface area contributed by atoms with E-state index >= 15 is 0 Å². The first-order chi connectivity index (χ1) is 6.84. The van der Waals surface area contributed by atoms with Crippen molar-refractivity contribution in [1.82, 2.24) is 20.2 Å². The number of tetrazole rings is 1. The minimum Gasteiger partial charge on any atom is -0.195 e. The third-order valence-electron chi connectivity index (χ3n) is 2.04. The van der Waals surface area contributed by atoms with E-state index in [1.165, 1.54) is 0 Å². The Hall–Kier alpha value is -1.07. The minimum absolute atomic E-state index is 0.743. The normalized spacial score (nSPS) is 13.5. The average molecular weight is 225 g/mol. The van der Waals surface area contributed by atoms with Gasteiger partial charge in [0.25, 0.3) is 0 Å². The standard InChI is InChI=1S/C8H5ClN4S/c9-5-1-2-6-7(3-5)14-4-8-10-11-12-13(6)8/h1-3H,4H2. The molecule has 1 aromatic carbocycles. The number of nitrogens with zero attached hydrogens (tertiary/aromatic N) is 4. The molecule has 0 bridgehead atoms. The van der Waals surface area contributed by atoms with E-state index in [0.717, 1.165) is 27.2 Å². The summed E-state index contributed by atoms with van der Waals surface area (Å²) >= 11 is 7.61. The molecule has 2 heterocycles. The SMILES string of the molecule is Clc1ccc2c(c1)SCc1nnnn1-2. The van der Waals surface area contributed by atoms with Crippen LogP contribution >= 0.6 is 23.4 Å². The topological polar surface area (TPSA) is 43.6 Å². The Balaban J connectivity index is 2.26. The Morgan fingerprint density at radius 3 is 3.29 bits per heavy atom. The Labute approximate surface area is 89.3 Å². The molecule has 1 aliphatic heterocycles. The van der Waals surface area contributed by atoms with Crippen LogP contribution in [0.1, 0.15) is 5.82 Å². The van der Waals surface area contributed by atoms with Crippen molar-refractivity contribution in [3.8, 4) is 5.69 Å². The van der Waals surface area contributed by atoms with E-state index in [-0.39, 0.29) is 0 Å². The van der Waals surface area contributed by atoms with Crippen LogP contribution in [0.3, 0.4) is 0 Å². The van der Waals surface area contributed by atoms with E-state index in [2.05, 4.69) is 15.5 Å². The average Bonchev–Trinajstić information content (AvgIpc) is 2.65. The molecule has 0 aliphatic carbocycles. The van der Waals surface area contributed by atoms with Gasteiger partial charge in [-0.3, -0.25) is 0 Å². The molecule has 70 valence electrons. The lowest BCUT2D eigenvalue weighted by Gasteiger charge is -2.14. The predicted octanol–water partition coefficient (Wildman–Crippen LogP) is 1.92. The van der Waals surface area contributed by atoms with Crippen LogP contribution < -0.4 is 0 Å². The Kier molecular flexibility index (Phi) is 1.75. The first-order valence-corrected chi connectivity index (χ1v) is 5.41. The van der Waals surface area contributed by atoms with Crippen LogP contribution in [-0.4, -0.2) is 20.2 Å². The Bertz CT molecular complexity index is 496. The summed E-state index contributed by atoms with van der Waals surface area (Å²) in [5.74, 6) is 1.67. The van der Waals surface area contributed by atoms with E-state index in [4.69, 9.17) is 11.6 Å². The molecular formula is C8H5ClN4S. The maximum Gasteiger partial charge on any atom is 0.166 e. The fraction of sp³-hybridized carbons (Fsp3) is 0.125. The summed E-state index contributed by atoms with van der Waals surface area (Å²) in [5.41, 5.74) is 1.01. The first kappa shape index (κ1) is 8.26. The van der Waals surface area contributed by atoms with Crippen molar-refractivity contribution in [1.29, 1.82) is 0 Å². The highest BCUT2D eigenvalue weighted by atomic mass is 35.5. The highest BCUT2D eigenvalue weighted by molar-refractivity contribution is 7.98. The number of fused-ring (bicyclic) bond motifs is 3. The van der Waals surface area contributed by atoms with Gasteiger partial charge in [0.05, 0.1) is 11.4 Å². The maximum atomic E-state index is 5.90. The van der Waals surface area contributed by atoms with Crippen molar-refractivity contribution in [2.45, 2.75) is 10.6 Å². The van der Waals surface area contributed by atoms with E-state index in [9.17, 15) is 0 Å². The zero-order valence-corrected chi connectivity index (χ0v) is 8.59. The van der Waals surface area contributed by atoms with E-state index in [1.807, 2.05) is 18.2 Å². The Morgan fingerprint density at radius 2 is 2.36 bits per heavy atom. The van der Waals surface area contributed by atoms with Gasteiger partial charge in [-0.1, -0.05) is 11.6 Å². The first-order valence-electron chi connectivity index (χ1n) is 4.04. The molecule has 0 spiro atoms. The number of rotatable bonds is 0. The zero-order valence-electron chi connectivity index (χ0n) is 7.01. The van der Waals surface area contributed by atoms with Crippen LogP contribution in [0.25, 0.3) is 5.69 Å². The van der Waals surface area contributed by atoms with Crippen molar-refractivity contribution in [2.75, 3.05) is 0 Å². The van der Waals surface area contributed by atoms with Crippen molar-refractivity contribution in [3.63, 3.8) is 0 Å². The highest BCUT2D eigenvalue weighted by Gasteiger charge is 2.18. The molecule has 14 heavy (non-hydrogen) atoms. The number of thioether (sulfide) groups is 1. The fourth-order valence-corrected chi connectivity index (χ4v) is 2.62. The number of aromatic nitrogens is 4. The number of halogens is 1. The van der Waals surface area contributed by atoms with Gasteiger partial charge in [0.2, 0.25) is 0 Å². The van der Waals surface area contributed by atoms with E-state index in [1.54, 1.807) is 16.4 Å². The van der Waals surface area contributed by atoms with Gasteiger partial charge in [-0.05, 0) is 28.6 Å².